The van der Waals surface area contributed by atoms with Gasteiger partial charge < -0.3 is 10.6 Å². The maximum atomic E-state index is 12.5. The molecule has 1 aromatic rings. The Morgan fingerprint density at radius 2 is 1.82 bits per heavy atom. The van der Waals surface area contributed by atoms with Crippen molar-refractivity contribution in [3.05, 3.63) is 24.3 Å². The minimum atomic E-state index is -3.48. The summed E-state index contributed by atoms with van der Waals surface area (Å²) in [6, 6.07) is 6.46. The van der Waals surface area contributed by atoms with Gasteiger partial charge in [0.15, 0.2) is 0 Å². The first-order chi connectivity index (χ1) is 9.98. The summed E-state index contributed by atoms with van der Waals surface area (Å²) in [6.45, 7) is 1.54. The van der Waals surface area contributed by atoms with Gasteiger partial charge in [-0.05, 0) is 37.1 Å². The second-order valence-corrected chi connectivity index (χ2v) is 7.49. The summed E-state index contributed by atoms with van der Waals surface area (Å²) < 4.78 is 26.4. The van der Waals surface area contributed by atoms with Crippen LogP contribution in [-0.2, 0) is 14.8 Å². The lowest BCUT2D eigenvalue weighted by molar-refractivity contribution is -0.117. The number of rotatable bonds is 3. The number of sulfonamides is 1. The number of benzene rings is 1. The summed E-state index contributed by atoms with van der Waals surface area (Å²) in [5, 5.41) is 0. The Hall–Kier alpha value is -1.15. The lowest BCUT2D eigenvalue weighted by Crippen LogP contribution is -2.32. The Morgan fingerprint density at radius 1 is 1.14 bits per heavy atom. The van der Waals surface area contributed by atoms with Gasteiger partial charge in [0.25, 0.3) is 0 Å². The van der Waals surface area contributed by atoms with Crippen LogP contribution >= 0.6 is 12.4 Å². The Bertz CT molecular complexity index is 648. The second kappa shape index (κ2) is 6.54. The maximum absolute atomic E-state index is 12.5. The fourth-order valence-electron chi connectivity index (χ4n) is 2.84. The fraction of sp³-hybridized carbons (Fsp3) is 0.500. The molecule has 1 aromatic carbocycles. The van der Waals surface area contributed by atoms with E-state index in [1.165, 1.54) is 4.31 Å². The highest BCUT2D eigenvalue weighted by Gasteiger charge is 2.31. The lowest BCUT2D eigenvalue weighted by atomic mass is 10.3. The van der Waals surface area contributed by atoms with Gasteiger partial charge in [0.2, 0.25) is 15.9 Å². The molecule has 0 bridgehead atoms. The van der Waals surface area contributed by atoms with Gasteiger partial charge in [-0.25, -0.2) is 8.42 Å². The van der Waals surface area contributed by atoms with E-state index in [1.807, 2.05) is 0 Å². The second-order valence-electron chi connectivity index (χ2n) is 5.55. The molecular formula is C14H20ClN3O3S. The Kier molecular flexibility index (Phi) is 5.11. The maximum Gasteiger partial charge on any atom is 0.243 e. The molecule has 2 fully saturated rings. The third kappa shape index (κ3) is 3.12. The van der Waals surface area contributed by atoms with Gasteiger partial charge in [-0.15, -0.1) is 12.4 Å². The molecule has 2 saturated heterocycles. The van der Waals surface area contributed by atoms with Crippen LogP contribution in [0.25, 0.3) is 0 Å². The molecule has 3 rings (SSSR count). The number of hydrogen-bond donors (Lipinski definition) is 1. The normalized spacial score (nSPS) is 22.9. The lowest BCUT2D eigenvalue weighted by Gasteiger charge is -2.18. The van der Waals surface area contributed by atoms with E-state index in [1.54, 1.807) is 29.2 Å². The van der Waals surface area contributed by atoms with Crippen molar-refractivity contribution in [3.63, 3.8) is 0 Å². The van der Waals surface area contributed by atoms with Crippen LogP contribution < -0.4 is 10.6 Å². The number of anilines is 1. The molecule has 0 unspecified atom stereocenters. The summed E-state index contributed by atoms with van der Waals surface area (Å²) in [7, 11) is -3.48. The minimum Gasteiger partial charge on any atom is -0.326 e. The SMILES string of the molecule is Cl.N[C@@H]1CCN(S(=O)(=O)c2ccc(N3CCCC3=O)cc2)C1. The van der Waals surface area contributed by atoms with Crippen LogP contribution in [0.4, 0.5) is 5.69 Å². The summed E-state index contributed by atoms with van der Waals surface area (Å²) in [5.74, 6) is 0.0936. The van der Waals surface area contributed by atoms with E-state index < -0.39 is 10.0 Å². The highest BCUT2D eigenvalue weighted by Crippen LogP contribution is 2.25. The van der Waals surface area contributed by atoms with Gasteiger partial charge in [-0.2, -0.15) is 4.31 Å². The molecule has 0 spiro atoms. The van der Waals surface area contributed by atoms with Crippen molar-refractivity contribution in [2.24, 2.45) is 5.73 Å². The van der Waals surface area contributed by atoms with E-state index >= 15 is 0 Å². The molecule has 22 heavy (non-hydrogen) atoms. The van der Waals surface area contributed by atoms with Crippen molar-refractivity contribution in [2.45, 2.75) is 30.2 Å². The van der Waals surface area contributed by atoms with Crippen LogP contribution in [0.1, 0.15) is 19.3 Å². The van der Waals surface area contributed by atoms with E-state index in [0.29, 0.717) is 32.5 Å². The van der Waals surface area contributed by atoms with Gasteiger partial charge in [0.05, 0.1) is 4.90 Å². The number of nitrogens with zero attached hydrogens (tertiary/aromatic N) is 2. The van der Waals surface area contributed by atoms with Crippen LogP contribution in [0.2, 0.25) is 0 Å². The zero-order valence-corrected chi connectivity index (χ0v) is 13.8. The number of carbonyl (C=O) groups is 1. The number of halogens is 1. The monoisotopic (exact) mass is 345 g/mol. The zero-order valence-electron chi connectivity index (χ0n) is 12.1. The van der Waals surface area contributed by atoms with Crippen LogP contribution in [0.5, 0.6) is 0 Å². The number of hydrogen-bond acceptors (Lipinski definition) is 4. The molecule has 0 aliphatic carbocycles. The third-order valence-electron chi connectivity index (χ3n) is 4.05. The predicted octanol–water partition coefficient (Wildman–Crippen LogP) is 0.957. The average Bonchev–Trinajstić information content (AvgIpc) is 3.08. The van der Waals surface area contributed by atoms with Crippen molar-refractivity contribution in [1.29, 1.82) is 0 Å². The topological polar surface area (TPSA) is 83.7 Å². The fourth-order valence-corrected chi connectivity index (χ4v) is 4.35. The molecule has 8 heteroatoms. The van der Waals surface area contributed by atoms with Crippen molar-refractivity contribution < 1.29 is 13.2 Å². The molecule has 0 saturated carbocycles. The molecule has 2 heterocycles. The van der Waals surface area contributed by atoms with Crippen molar-refractivity contribution >= 4 is 34.0 Å². The molecule has 1 amide bonds. The van der Waals surface area contributed by atoms with E-state index in [9.17, 15) is 13.2 Å². The summed E-state index contributed by atoms with van der Waals surface area (Å²) in [4.78, 5) is 13.6. The van der Waals surface area contributed by atoms with Crippen molar-refractivity contribution in [3.8, 4) is 0 Å². The van der Waals surface area contributed by atoms with Gasteiger partial charge >= 0.3 is 0 Å². The van der Waals surface area contributed by atoms with E-state index in [2.05, 4.69) is 0 Å². The molecule has 6 nitrogen and oxygen atoms in total. The van der Waals surface area contributed by atoms with Crippen molar-refractivity contribution in [1.82, 2.24) is 4.31 Å². The molecule has 2 N–H and O–H groups in total. The molecule has 0 radical (unpaired) electrons. The molecule has 0 aromatic heterocycles. The largest absolute Gasteiger partial charge is 0.326 e. The first-order valence-electron chi connectivity index (χ1n) is 7.14. The van der Waals surface area contributed by atoms with Crippen LogP contribution in [0, 0.1) is 0 Å². The first kappa shape index (κ1) is 17.2. The number of carbonyl (C=O) groups excluding carboxylic acids is 1. The van der Waals surface area contributed by atoms with Gasteiger partial charge in [-0.3, -0.25) is 4.79 Å². The minimum absolute atomic E-state index is 0. The number of nitrogens with two attached hydrogens (primary N) is 1. The highest BCUT2D eigenvalue weighted by molar-refractivity contribution is 7.89. The summed E-state index contributed by atoms with van der Waals surface area (Å²) in [5.41, 5.74) is 6.53. The average molecular weight is 346 g/mol. The Morgan fingerprint density at radius 3 is 2.32 bits per heavy atom. The number of amides is 1. The van der Waals surface area contributed by atoms with Crippen LogP contribution in [0.3, 0.4) is 0 Å². The van der Waals surface area contributed by atoms with E-state index in [0.717, 1.165) is 12.1 Å². The third-order valence-corrected chi connectivity index (χ3v) is 5.93. The van der Waals surface area contributed by atoms with Crippen LogP contribution in [-0.4, -0.2) is 44.3 Å². The first-order valence-corrected chi connectivity index (χ1v) is 8.58. The highest BCUT2D eigenvalue weighted by atomic mass is 35.5. The van der Waals surface area contributed by atoms with Crippen molar-refractivity contribution in [2.75, 3.05) is 24.5 Å². The Balaban J connectivity index is 0.00000176. The molecule has 122 valence electrons. The van der Waals surface area contributed by atoms with E-state index in [-0.39, 0.29) is 29.3 Å². The molecular weight excluding hydrogens is 326 g/mol. The summed E-state index contributed by atoms with van der Waals surface area (Å²) >= 11 is 0. The summed E-state index contributed by atoms with van der Waals surface area (Å²) in [6.07, 6.45) is 2.11. The zero-order chi connectivity index (χ0) is 15.0. The van der Waals surface area contributed by atoms with Gasteiger partial charge in [-0.1, -0.05) is 0 Å². The smallest absolute Gasteiger partial charge is 0.243 e. The quantitative estimate of drug-likeness (QED) is 0.884. The molecule has 2 aliphatic heterocycles. The van der Waals surface area contributed by atoms with Gasteiger partial charge in [0, 0.05) is 37.8 Å². The Labute approximate surface area is 136 Å². The van der Waals surface area contributed by atoms with Gasteiger partial charge in [0.1, 0.15) is 0 Å². The predicted molar refractivity (Wildman–Crippen MR) is 86.6 cm³/mol. The molecule has 1 atom stereocenters. The van der Waals surface area contributed by atoms with E-state index in [4.69, 9.17) is 5.73 Å². The standard InChI is InChI=1S/C14H19N3O3S.ClH/c15-11-7-9-16(10-11)21(19,20)13-5-3-12(4-6-13)17-8-1-2-14(17)18;/h3-6,11H,1-2,7-10,15H2;1H/t11-;/m1./s1. The molecule has 2 aliphatic rings. The van der Waals surface area contributed by atoms with Crippen LogP contribution in [0.15, 0.2) is 29.2 Å².